The Kier molecular flexibility index (Phi) is 5.11. The third-order valence-corrected chi connectivity index (χ3v) is 3.39. The smallest absolute Gasteiger partial charge is 0.127 e. The minimum Gasteiger partial charge on any atom is -0.373 e. The summed E-state index contributed by atoms with van der Waals surface area (Å²) in [5.74, 6) is -0.190. The molecule has 19 heavy (non-hydrogen) atoms. The normalized spacial score (nSPS) is 12.4. The van der Waals surface area contributed by atoms with E-state index in [1.54, 1.807) is 6.07 Å². The molecule has 0 aliphatic rings. The Bertz CT molecular complexity index is 528. The van der Waals surface area contributed by atoms with E-state index >= 15 is 0 Å². The molecule has 100 valence electrons. The van der Waals surface area contributed by atoms with Gasteiger partial charge in [-0.15, -0.1) is 0 Å². The highest BCUT2D eigenvalue weighted by Crippen LogP contribution is 2.17. The molecule has 2 aromatic rings. The molecule has 0 aliphatic carbocycles. The molecule has 0 saturated carbocycles. The van der Waals surface area contributed by atoms with Gasteiger partial charge in [-0.3, -0.25) is 0 Å². The number of hydrogen-bond acceptors (Lipinski definition) is 1. The molecule has 0 spiro atoms. The lowest BCUT2D eigenvalue weighted by atomic mass is 10.1. The van der Waals surface area contributed by atoms with Crippen molar-refractivity contribution in [3.05, 3.63) is 69.9 Å². The number of halogens is 2. The molecule has 3 heteroatoms. The second-order valence-corrected chi connectivity index (χ2v) is 5.46. The van der Waals surface area contributed by atoms with Crippen molar-refractivity contribution in [1.29, 1.82) is 0 Å². The van der Waals surface area contributed by atoms with Crippen molar-refractivity contribution < 1.29 is 9.13 Å². The van der Waals surface area contributed by atoms with E-state index in [4.69, 9.17) is 4.74 Å². The SMILES string of the molecule is CC(Cc1ccc(Br)cc1F)OCc1ccccc1. The first-order valence-electron chi connectivity index (χ1n) is 6.24. The Hall–Kier alpha value is -1.19. The molecule has 0 heterocycles. The van der Waals surface area contributed by atoms with Gasteiger partial charge in [-0.25, -0.2) is 4.39 Å². The van der Waals surface area contributed by atoms with Crippen LogP contribution >= 0.6 is 15.9 Å². The van der Waals surface area contributed by atoms with Crippen LogP contribution in [0.1, 0.15) is 18.1 Å². The van der Waals surface area contributed by atoms with Gasteiger partial charge in [0.2, 0.25) is 0 Å². The Balaban J connectivity index is 1.89. The van der Waals surface area contributed by atoms with Crippen LogP contribution in [0.5, 0.6) is 0 Å². The summed E-state index contributed by atoms with van der Waals surface area (Å²) in [5.41, 5.74) is 1.81. The largest absolute Gasteiger partial charge is 0.373 e. The zero-order valence-corrected chi connectivity index (χ0v) is 12.4. The van der Waals surface area contributed by atoms with Crippen molar-refractivity contribution in [1.82, 2.24) is 0 Å². The third-order valence-electron chi connectivity index (χ3n) is 2.90. The van der Waals surface area contributed by atoms with Crippen molar-refractivity contribution in [3.63, 3.8) is 0 Å². The molecule has 0 fully saturated rings. The summed E-state index contributed by atoms with van der Waals surface area (Å²) in [7, 11) is 0. The Morgan fingerprint density at radius 2 is 1.89 bits per heavy atom. The molecular formula is C16H16BrFO. The van der Waals surface area contributed by atoms with Crippen molar-refractivity contribution in [3.8, 4) is 0 Å². The van der Waals surface area contributed by atoms with E-state index < -0.39 is 0 Å². The second-order valence-electron chi connectivity index (χ2n) is 4.55. The van der Waals surface area contributed by atoms with Crippen LogP contribution in [0.15, 0.2) is 53.0 Å². The van der Waals surface area contributed by atoms with Crippen LogP contribution in [-0.2, 0) is 17.8 Å². The molecule has 1 nitrogen and oxygen atoms in total. The van der Waals surface area contributed by atoms with Crippen LogP contribution in [0.2, 0.25) is 0 Å². The summed E-state index contributed by atoms with van der Waals surface area (Å²) >= 11 is 3.25. The van der Waals surface area contributed by atoms with Crippen molar-refractivity contribution >= 4 is 15.9 Å². The molecule has 0 aliphatic heterocycles. The van der Waals surface area contributed by atoms with Gasteiger partial charge in [-0.2, -0.15) is 0 Å². The second kappa shape index (κ2) is 6.83. The summed E-state index contributed by atoms with van der Waals surface area (Å²) < 4.78 is 20.2. The van der Waals surface area contributed by atoms with E-state index in [1.165, 1.54) is 6.07 Å². The van der Waals surface area contributed by atoms with Gasteiger partial charge in [-0.1, -0.05) is 52.3 Å². The maximum atomic E-state index is 13.7. The van der Waals surface area contributed by atoms with E-state index in [2.05, 4.69) is 15.9 Å². The highest BCUT2D eigenvalue weighted by Gasteiger charge is 2.09. The van der Waals surface area contributed by atoms with Crippen molar-refractivity contribution in [2.75, 3.05) is 0 Å². The maximum Gasteiger partial charge on any atom is 0.127 e. The molecule has 0 N–H and O–H groups in total. The number of ether oxygens (including phenoxy) is 1. The molecule has 2 aromatic carbocycles. The predicted octanol–water partition coefficient (Wildman–Crippen LogP) is 4.74. The average molecular weight is 323 g/mol. The Labute approximate surface area is 121 Å². The summed E-state index contributed by atoms with van der Waals surface area (Å²) in [6.07, 6.45) is 0.558. The lowest BCUT2D eigenvalue weighted by Crippen LogP contribution is -2.12. The van der Waals surface area contributed by atoms with Gasteiger partial charge in [0.1, 0.15) is 5.82 Å². The molecule has 2 rings (SSSR count). The van der Waals surface area contributed by atoms with Gasteiger partial charge in [-0.05, 0) is 30.2 Å². The van der Waals surface area contributed by atoms with Gasteiger partial charge in [0.15, 0.2) is 0 Å². The standard InChI is InChI=1S/C16H16BrFO/c1-12(19-11-13-5-3-2-4-6-13)9-14-7-8-15(17)10-16(14)18/h2-8,10,12H,9,11H2,1H3. The van der Waals surface area contributed by atoms with Crippen LogP contribution in [-0.4, -0.2) is 6.10 Å². The van der Waals surface area contributed by atoms with Crippen LogP contribution in [0, 0.1) is 5.82 Å². The molecule has 0 aromatic heterocycles. The fourth-order valence-electron chi connectivity index (χ4n) is 1.87. The topological polar surface area (TPSA) is 9.23 Å². The summed E-state index contributed by atoms with van der Waals surface area (Å²) in [4.78, 5) is 0. The van der Waals surface area contributed by atoms with E-state index in [9.17, 15) is 4.39 Å². The average Bonchev–Trinajstić information content (AvgIpc) is 2.41. The lowest BCUT2D eigenvalue weighted by molar-refractivity contribution is 0.0530. The minimum atomic E-state index is -0.190. The van der Waals surface area contributed by atoms with Crippen LogP contribution in [0.25, 0.3) is 0 Å². The fourth-order valence-corrected chi connectivity index (χ4v) is 2.20. The summed E-state index contributed by atoms with van der Waals surface area (Å²) in [6.45, 7) is 2.52. The van der Waals surface area contributed by atoms with Crippen molar-refractivity contribution in [2.24, 2.45) is 0 Å². The fraction of sp³-hybridized carbons (Fsp3) is 0.250. The first-order valence-corrected chi connectivity index (χ1v) is 7.04. The van der Waals surface area contributed by atoms with Crippen LogP contribution in [0.3, 0.4) is 0 Å². The first kappa shape index (κ1) is 14.2. The molecule has 0 amide bonds. The molecule has 1 atom stereocenters. The molecular weight excluding hydrogens is 307 g/mol. The third kappa shape index (κ3) is 4.44. The zero-order chi connectivity index (χ0) is 13.7. The van der Waals surface area contributed by atoms with Crippen LogP contribution in [0.4, 0.5) is 4.39 Å². The van der Waals surface area contributed by atoms with E-state index in [1.807, 2.05) is 43.3 Å². The van der Waals surface area contributed by atoms with Gasteiger partial charge in [0.25, 0.3) is 0 Å². The highest BCUT2D eigenvalue weighted by atomic mass is 79.9. The van der Waals surface area contributed by atoms with Gasteiger partial charge < -0.3 is 4.74 Å². The van der Waals surface area contributed by atoms with E-state index in [-0.39, 0.29) is 11.9 Å². The monoisotopic (exact) mass is 322 g/mol. The Morgan fingerprint density at radius 3 is 2.58 bits per heavy atom. The van der Waals surface area contributed by atoms with Crippen molar-refractivity contribution in [2.45, 2.75) is 26.1 Å². The highest BCUT2D eigenvalue weighted by molar-refractivity contribution is 9.10. The van der Waals surface area contributed by atoms with Gasteiger partial charge in [0, 0.05) is 10.9 Å². The van der Waals surface area contributed by atoms with Crippen LogP contribution < -0.4 is 0 Å². The summed E-state index contributed by atoms with van der Waals surface area (Å²) in [5, 5.41) is 0. The zero-order valence-electron chi connectivity index (χ0n) is 10.8. The minimum absolute atomic E-state index is 0.0177. The first-order chi connectivity index (χ1) is 9.15. The molecule has 0 radical (unpaired) electrons. The van der Waals surface area contributed by atoms with Gasteiger partial charge in [0.05, 0.1) is 12.7 Å². The number of rotatable bonds is 5. The lowest BCUT2D eigenvalue weighted by Gasteiger charge is -2.14. The maximum absolute atomic E-state index is 13.7. The number of hydrogen-bond donors (Lipinski definition) is 0. The molecule has 0 saturated heterocycles. The van der Waals surface area contributed by atoms with E-state index in [0.29, 0.717) is 18.6 Å². The number of benzene rings is 2. The quantitative estimate of drug-likeness (QED) is 0.772. The molecule has 0 bridgehead atoms. The summed E-state index contributed by atoms with van der Waals surface area (Å²) in [6, 6.07) is 15.1. The van der Waals surface area contributed by atoms with E-state index in [0.717, 1.165) is 10.0 Å². The van der Waals surface area contributed by atoms with Gasteiger partial charge >= 0.3 is 0 Å². The predicted molar refractivity (Wildman–Crippen MR) is 78.5 cm³/mol. The Morgan fingerprint density at radius 1 is 1.16 bits per heavy atom. The molecule has 1 unspecified atom stereocenters.